The maximum absolute atomic E-state index is 13.0. The topological polar surface area (TPSA) is 38.3 Å². The van der Waals surface area contributed by atoms with Crippen LogP contribution in [0.15, 0.2) is 48.5 Å². The van der Waals surface area contributed by atoms with Crippen molar-refractivity contribution in [1.82, 2.24) is 5.32 Å². The van der Waals surface area contributed by atoms with Gasteiger partial charge in [-0.3, -0.25) is 4.79 Å². The summed E-state index contributed by atoms with van der Waals surface area (Å²) < 4.78 is 18.6. The molecule has 0 fully saturated rings. The highest BCUT2D eigenvalue weighted by atomic mass is 19.1. The Morgan fingerprint density at radius 1 is 1.19 bits per heavy atom. The van der Waals surface area contributed by atoms with Gasteiger partial charge in [-0.1, -0.05) is 30.3 Å². The zero-order valence-corrected chi connectivity index (χ0v) is 11.9. The number of aryl methyl sites for hydroxylation is 1. The van der Waals surface area contributed by atoms with Crippen LogP contribution in [0.4, 0.5) is 4.39 Å². The van der Waals surface area contributed by atoms with Gasteiger partial charge in [-0.25, -0.2) is 4.39 Å². The van der Waals surface area contributed by atoms with E-state index in [2.05, 4.69) is 5.32 Å². The monoisotopic (exact) mass is 287 g/mol. The van der Waals surface area contributed by atoms with E-state index in [4.69, 9.17) is 4.74 Å². The van der Waals surface area contributed by atoms with Crippen LogP contribution in [-0.4, -0.2) is 19.1 Å². The van der Waals surface area contributed by atoms with E-state index >= 15 is 0 Å². The summed E-state index contributed by atoms with van der Waals surface area (Å²) in [4.78, 5) is 11.7. The molecule has 0 unspecified atom stereocenters. The second-order valence-electron chi connectivity index (χ2n) is 4.77. The minimum absolute atomic E-state index is 0.144. The van der Waals surface area contributed by atoms with Gasteiger partial charge in [0, 0.05) is 0 Å². The van der Waals surface area contributed by atoms with Gasteiger partial charge in [-0.2, -0.15) is 0 Å². The molecule has 4 heteroatoms. The average Bonchev–Trinajstić information content (AvgIpc) is 2.45. The van der Waals surface area contributed by atoms with Crippen molar-refractivity contribution in [2.75, 3.05) is 13.2 Å². The molecule has 0 aromatic heterocycles. The molecule has 21 heavy (non-hydrogen) atoms. The fraction of sp³-hybridized carbons (Fsp3) is 0.235. The number of amides is 1. The van der Waals surface area contributed by atoms with E-state index in [0.717, 1.165) is 11.3 Å². The molecule has 0 radical (unpaired) electrons. The summed E-state index contributed by atoms with van der Waals surface area (Å²) in [6, 6.07) is 13.8. The van der Waals surface area contributed by atoms with Crippen LogP contribution in [-0.2, 0) is 11.2 Å². The summed E-state index contributed by atoms with van der Waals surface area (Å²) in [6.45, 7) is 2.79. The zero-order chi connectivity index (χ0) is 15.1. The van der Waals surface area contributed by atoms with Gasteiger partial charge in [0.25, 0.3) is 0 Å². The standard InChI is InChI=1S/C17H18FNO2/c1-13-5-2-3-8-16(13)21-10-9-19-17(20)12-14-6-4-7-15(18)11-14/h2-8,11H,9-10,12H2,1H3,(H,19,20). The number of para-hydroxylation sites is 1. The van der Waals surface area contributed by atoms with Crippen molar-refractivity contribution < 1.29 is 13.9 Å². The van der Waals surface area contributed by atoms with Gasteiger partial charge in [0.1, 0.15) is 18.2 Å². The smallest absolute Gasteiger partial charge is 0.224 e. The summed E-state index contributed by atoms with van der Waals surface area (Å²) >= 11 is 0. The summed E-state index contributed by atoms with van der Waals surface area (Å²) in [5.41, 5.74) is 1.72. The van der Waals surface area contributed by atoms with Gasteiger partial charge in [0.2, 0.25) is 5.91 Å². The maximum atomic E-state index is 13.0. The number of nitrogens with one attached hydrogen (secondary N) is 1. The third kappa shape index (κ3) is 4.91. The molecule has 2 aromatic carbocycles. The van der Waals surface area contributed by atoms with Crippen LogP contribution in [0, 0.1) is 12.7 Å². The first-order valence-corrected chi connectivity index (χ1v) is 6.85. The Bertz CT molecular complexity index is 613. The van der Waals surface area contributed by atoms with Crippen LogP contribution >= 0.6 is 0 Å². The molecular formula is C17H18FNO2. The van der Waals surface area contributed by atoms with Gasteiger partial charge in [0.05, 0.1) is 13.0 Å². The van der Waals surface area contributed by atoms with Gasteiger partial charge < -0.3 is 10.1 Å². The number of hydrogen-bond acceptors (Lipinski definition) is 2. The van der Waals surface area contributed by atoms with Gasteiger partial charge in [0.15, 0.2) is 0 Å². The number of carbonyl (C=O) groups is 1. The van der Waals surface area contributed by atoms with Gasteiger partial charge >= 0.3 is 0 Å². The first kappa shape index (κ1) is 15.0. The molecule has 0 spiro atoms. The molecule has 110 valence electrons. The Kier molecular flexibility index (Phi) is 5.32. The molecule has 0 bridgehead atoms. The van der Waals surface area contributed by atoms with Gasteiger partial charge in [-0.05, 0) is 36.2 Å². The first-order valence-electron chi connectivity index (χ1n) is 6.85. The molecular weight excluding hydrogens is 269 g/mol. The van der Waals surface area contributed by atoms with E-state index in [9.17, 15) is 9.18 Å². The molecule has 2 rings (SSSR count). The van der Waals surface area contributed by atoms with Crippen LogP contribution in [0.25, 0.3) is 0 Å². The van der Waals surface area contributed by atoms with E-state index in [1.54, 1.807) is 12.1 Å². The maximum Gasteiger partial charge on any atom is 0.224 e. The highest BCUT2D eigenvalue weighted by Gasteiger charge is 2.04. The lowest BCUT2D eigenvalue weighted by Gasteiger charge is -2.09. The molecule has 0 atom stereocenters. The molecule has 3 nitrogen and oxygen atoms in total. The van der Waals surface area contributed by atoms with Crippen LogP contribution in [0.2, 0.25) is 0 Å². The van der Waals surface area contributed by atoms with Crippen molar-refractivity contribution in [3.63, 3.8) is 0 Å². The van der Waals surface area contributed by atoms with Crippen molar-refractivity contribution in [2.45, 2.75) is 13.3 Å². The summed E-state index contributed by atoms with van der Waals surface area (Å²) in [6.07, 6.45) is 0.169. The number of carbonyl (C=O) groups excluding carboxylic acids is 1. The summed E-state index contributed by atoms with van der Waals surface area (Å²) in [5, 5.41) is 2.75. The second-order valence-corrected chi connectivity index (χ2v) is 4.77. The van der Waals surface area contributed by atoms with E-state index in [1.807, 2.05) is 31.2 Å². The van der Waals surface area contributed by atoms with Crippen molar-refractivity contribution in [2.24, 2.45) is 0 Å². The molecule has 1 N–H and O–H groups in total. The van der Waals surface area contributed by atoms with E-state index < -0.39 is 0 Å². The minimum Gasteiger partial charge on any atom is -0.491 e. The second kappa shape index (κ2) is 7.43. The highest BCUT2D eigenvalue weighted by Crippen LogP contribution is 2.15. The van der Waals surface area contributed by atoms with Crippen LogP contribution in [0.5, 0.6) is 5.75 Å². The van der Waals surface area contributed by atoms with E-state index in [1.165, 1.54) is 12.1 Å². The predicted molar refractivity (Wildman–Crippen MR) is 79.8 cm³/mol. The third-order valence-corrected chi connectivity index (χ3v) is 3.03. The van der Waals surface area contributed by atoms with Crippen molar-refractivity contribution >= 4 is 5.91 Å². The fourth-order valence-corrected chi connectivity index (χ4v) is 1.96. The first-order chi connectivity index (χ1) is 10.1. The quantitative estimate of drug-likeness (QED) is 0.830. The number of ether oxygens (including phenoxy) is 1. The largest absolute Gasteiger partial charge is 0.491 e. The van der Waals surface area contributed by atoms with Crippen LogP contribution in [0.3, 0.4) is 0 Å². The number of rotatable bonds is 6. The summed E-state index contributed by atoms with van der Waals surface area (Å²) in [5.74, 6) is 0.342. The molecule has 0 saturated heterocycles. The molecule has 0 saturated carbocycles. The van der Waals surface area contributed by atoms with Gasteiger partial charge in [-0.15, -0.1) is 0 Å². The SMILES string of the molecule is Cc1ccccc1OCCNC(=O)Cc1cccc(F)c1. The van der Waals surface area contributed by atoms with Crippen LogP contribution in [0.1, 0.15) is 11.1 Å². The Labute approximate surface area is 123 Å². The molecule has 0 aliphatic heterocycles. The Hall–Kier alpha value is -2.36. The average molecular weight is 287 g/mol. The predicted octanol–water partition coefficient (Wildman–Crippen LogP) is 2.87. The Morgan fingerprint density at radius 3 is 2.76 bits per heavy atom. The lowest BCUT2D eigenvalue weighted by Crippen LogP contribution is -2.29. The molecule has 0 heterocycles. The van der Waals surface area contributed by atoms with Crippen molar-refractivity contribution in [3.8, 4) is 5.75 Å². The molecule has 2 aromatic rings. The Balaban J connectivity index is 1.71. The summed E-state index contributed by atoms with van der Waals surface area (Å²) in [7, 11) is 0. The number of benzene rings is 2. The highest BCUT2D eigenvalue weighted by molar-refractivity contribution is 5.78. The fourth-order valence-electron chi connectivity index (χ4n) is 1.96. The van der Waals surface area contributed by atoms with E-state index in [0.29, 0.717) is 18.7 Å². The minimum atomic E-state index is -0.330. The number of hydrogen-bond donors (Lipinski definition) is 1. The molecule has 0 aliphatic carbocycles. The normalized spacial score (nSPS) is 10.2. The zero-order valence-electron chi connectivity index (χ0n) is 11.9. The van der Waals surface area contributed by atoms with E-state index in [-0.39, 0.29) is 18.1 Å². The number of halogens is 1. The lowest BCUT2D eigenvalue weighted by atomic mass is 10.1. The molecule has 0 aliphatic rings. The van der Waals surface area contributed by atoms with Crippen molar-refractivity contribution in [1.29, 1.82) is 0 Å². The Morgan fingerprint density at radius 2 is 2.00 bits per heavy atom. The third-order valence-electron chi connectivity index (χ3n) is 3.03. The van der Waals surface area contributed by atoms with Crippen LogP contribution < -0.4 is 10.1 Å². The molecule has 1 amide bonds. The van der Waals surface area contributed by atoms with Crippen molar-refractivity contribution in [3.05, 3.63) is 65.5 Å². The lowest BCUT2D eigenvalue weighted by molar-refractivity contribution is -0.120.